The summed E-state index contributed by atoms with van der Waals surface area (Å²) in [6.45, 7) is 5.71. The fraction of sp³-hybridized carbons (Fsp3) is 0.353. The minimum atomic E-state index is -4.28. The summed E-state index contributed by atoms with van der Waals surface area (Å²) in [5, 5.41) is 3.98. The maximum absolute atomic E-state index is 13.1. The number of benzene rings is 1. The van der Waals surface area contributed by atoms with Crippen LogP contribution >= 0.6 is 0 Å². The second-order valence-electron chi connectivity index (χ2n) is 5.33. The van der Waals surface area contributed by atoms with Gasteiger partial charge in [-0.3, -0.25) is 0 Å². The number of nitrogens with zero attached hydrogens (tertiary/aromatic N) is 4. The van der Waals surface area contributed by atoms with Crippen LogP contribution in [0, 0.1) is 12.7 Å². The van der Waals surface area contributed by atoms with Gasteiger partial charge in [0.2, 0.25) is 5.95 Å². The first-order valence-corrected chi connectivity index (χ1v) is 8.09. The summed E-state index contributed by atoms with van der Waals surface area (Å²) in [7, 11) is 0. The number of hydrogen-bond acceptors (Lipinski definition) is 4. The van der Waals surface area contributed by atoms with E-state index >= 15 is 0 Å². The molecular weight excluding hydrogens is 350 g/mol. The van der Waals surface area contributed by atoms with E-state index in [-0.39, 0.29) is 24.0 Å². The van der Waals surface area contributed by atoms with Crippen LogP contribution in [0.25, 0.3) is 16.9 Å². The minimum Gasteiger partial charge on any atom is -0.368 e. The van der Waals surface area contributed by atoms with Crippen LogP contribution in [-0.4, -0.2) is 25.8 Å². The van der Waals surface area contributed by atoms with Crippen LogP contribution in [0.1, 0.15) is 31.7 Å². The average molecular weight is 369 g/mol. The van der Waals surface area contributed by atoms with Crippen molar-refractivity contribution in [1.82, 2.24) is 19.6 Å². The van der Waals surface area contributed by atoms with E-state index in [1.807, 2.05) is 13.8 Å². The average Bonchev–Trinajstić information content (AvgIpc) is 3.04. The molecule has 0 aliphatic heterocycles. The summed E-state index contributed by atoms with van der Waals surface area (Å²) >= 11 is 0. The second kappa shape index (κ2) is 7.67. The van der Waals surface area contributed by atoms with Crippen LogP contribution in [0.5, 0.6) is 0 Å². The number of halogens is 4. The number of anilines is 1. The zero-order valence-corrected chi connectivity index (χ0v) is 14.6. The van der Waals surface area contributed by atoms with E-state index < -0.39 is 12.6 Å². The SMILES string of the molecule is CC.Cc1c(-c2ccc(F)cc2)nc(N)n2nc(CCC(F)(F)F)nc12. The van der Waals surface area contributed by atoms with E-state index in [0.29, 0.717) is 22.5 Å². The normalized spacial score (nSPS) is 11.3. The van der Waals surface area contributed by atoms with Gasteiger partial charge in [-0.1, -0.05) is 13.8 Å². The van der Waals surface area contributed by atoms with Crippen molar-refractivity contribution in [3.05, 3.63) is 41.5 Å². The third kappa shape index (κ3) is 4.27. The fourth-order valence-corrected chi connectivity index (χ4v) is 2.36. The molecule has 26 heavy (non-hydrogen) atoms. The zero-order valence-electron chi connectivity index (χ0n) is 14.6. The first-order chi connectivity index (χ1) is 12.2. The Morgan fingerprint density at radius 2 is 1.69 bits per heavy atom. The van der Waals surface area contributed by atoms with Gasteiger partial charge in [-0.05, 0) is 31.2 Å². The molecule has 0 fully saturated rings. The highest BCUT2D eigenvalue weighted by Gasteiger charge is 2.27. The molecule has 0 aliphatic carbocycles. The van der Waals surface area contributed by atoms with Gasteiger partial charge in [-0.25, -0.2) is 14.4 Å². The molecule has 3 rings (SSSR count). The van der Waals surface area contributed by atoms with Gasteiger partial charge in [0.15, 0.2) is 11.5 Å². The van der Waals surface area contributed by atoms with Crippen LogP contribution in [0.3, 0.4) is 0 Å². The number of nitrogen functional groups attached to an aromatic ring is 1. The monoisotopic (exact) mass is 369 g/mol. The third-order valence-corrected chi connectivity index (χ3v) is 3.53. The maximum Gasteiger partial charge on any atom is 0.389 e. The molecule has 2 N–H and O–H groups in total. The lowest BCUT2D eigenvalue weighted by Crippen LogP contribution is -2.09. The van der Waals surface area contributed by atoms with Gasteiger partial charge in [0.1, 0.15) is 5.82 Å². The molecule has 140 valence electrons. The van der Waals surface area contributed by atoms with Crippen molar-refractivity contribution in [3.63, 3.8) is 0 Å². The smallest absolute Gasteiger partial charge is 0.368 e. The molecule has 0 spiro atoms. The van der Waals surface area contributed by atoms with Crippen molar-refractivity contribution in [3.8, 4) is 11.3 Å². The van der Waals surface area contributed by atoms with E-state index in [2.05, 4.69) is 15.1 Å². The Kier molecular flexibility index (Phi) is 5.79. The van der Waals surface area contributed by atoms with E-state index in [1.54, 1.807) is 19.1 Å². The Labute approximate surface area is 147 Å². The van der Waals surface area contributed by atoms with Gasteiger partial charge in [0, 0.05) is 17.5 Å². The van der Waals surface area contributed by atoms with E-state index in [9.17, 15) is 17.6 Å². The third-order valence-electron chi connectivity index (χ3n) is 3.53. The predicted molar refractivity (Wildman–Crippen MR) is 91.0 cm³/mol. The Hall–Kier alpha value is -2.71. The number of rotatable bonds is 3. The Bertz CT molecular complexity index is 885. The number of aromatic nitrogens is 4. The maximum atomic E-state index is 13.1. The summed E-state index contributed by atoms with van der Waals surface area (Å²) in [5.74, 6) is -0.344. The minimum absolute atomic E-state index is 0.000633. The van der Waals surface area contributed by atoms with Crippen molar-refractivity contribution in [2.75, 3.05) is 5.73 Å². The highest BCUT2D eigenvalue weighted by molar-refractivity contribution is 5.71. The molecule has 0 aliphatic rings. The lowest BCUT2D eigenvalue weighted by Gasteiger charge is -2.07. The number of alkyl halides is 3. The molecule has 0 radical (unpaired) electrons. The van der Waals surface area contributed by atoms with Crippen molar-refractivity contribution in [2.24, 2.45) is 0 Å². The molecule has 9 heteroatoms. The van der Waals surface area contributed by atoms with Crippen LogP contribution in [0.2, 0.25) is 0 Å². The highest BCUT2D eigenvalue weighted by atomic mass is 19.4. The van der Waals surface area contributed by atoms with Gasteiger partial charge >= 0.3 is 6.18 Å². The second-order valence-corrected chi connectivity index (χ2v) is 5.33. The first-order valence-electron chi connectivity index (χ1n) is 8.09. The van der Waals surface area contributed by atoms with E-state index in [0.717, 1.165) is 0 Å². The number of aryl methyl sites for hydroxylation is 2. The fourth-order valence-electron chi connectivity index (χ4n) is 2.36. The number of nitrogens with two attached hydrogens (primary N) is 1. The molecular formula is C17H19F4N5. The van der Waals surface area contributed by atoms with Crippen molar-refractivity contribution < 1.29 is 17.6 Å². The zero-order chi connectivity index (χ0) is 19.5. The first kappa shape index (κ1) is 19.6. The molecule has 0 atom stereocenters. The Morgan fingerprint density at radius 3 is 2.27 bits per heavy atom. The number of fused-ring (bicyclic) bond motifs is 1. The highest BCUT2D eigenvalue weighted by Crippen LogP contribution is 2.26. The molecule has 1 aromatic carbocycles. The van der Waals surface area contributed by atoms with E-state index in [4.69, 9.17) is 5.73 Å². The van der Waals surface area contributed by atoms with Gasteiger partial charge in [-0.15, -0.1) is 5.10 Å². The molecule has 3 aromatic rings. The summed E-state index contributed by atoms with van der Waals surface area (Å²) < 4.78 is 51.3. The topological polar surface area (TPSA) is 69.1 Å². The molecule has 2 aromatic heterocycles. The van der Waals surface area contributed by atoms with Gasteiger partial charge in [0.05, 0.1) is 12.1 Å². The summed E-state index contributed by atoms with van der Waals surface area (Å²) in [6, 6.07) is 5.66. The molecule has 2 heterocycles. The van der Waals surface area contributed by atoms with Crippen molar-refractivity contribution in [2.45, 2.75) is 39.8 Å². The predicted octanol–water partition coefficient (Wildman–Crippen LogP) is 4.34. The van der Waals surface area contributed by atoms with Gasteiger partial charge in [-0.2, -0.15) is 17.7 Å². The Morgan fingerprint density at radius 1 is 1.08 bits per heavy atom. The standard InChI is InChI=1S/C15H13F4N5.C2H6/c1-8-12(9-2-4-10(16)5-3-9)22-14(20)24-13(8)21-11(23-24)6-7-15(17,18)19;1-2/h2-5H,6-7H2,1H3,(H2,20,22);1-2H3. The number of hydrogen-bond donors (Lipinski definition) is 1. The molecule has 5 nitrogen and oxygen atoms in total. The summed E-state index contributed by atoms with van der Waals surface area (Å²) in [6.07, 6.45) is -5.63. The van der Waals surface area contributed by atoms with Gasteiger partial charge < -0.3 is 5.73 Å². The molecule has 0 saturated carbocycles. The Balaban J connectivity index is 0.00000117. The van der Waals surface area contributed by atoms with Crippen LogP contribution in [0.15, 0.2) is 24.3 Å². The van der Waals surface area contributed by atoms with Gasteiger partial charge in [0.25, 0.3) is 0 Å². The lowest BCUT2D eigenvalue weighted by atomic mass is 10.1. The quantitative estimate of drug-likeness (QED) is 0.697. The molecule has 0 unspecified atom stereocenters. The van der Waals surface area contributed by atoms with Crippen molar-refractivity contribution in [1.29, 1.82) is 0 Å². The molecule has 0 saturated heterocycles. The summed E-state index contributed by atoms with van der Waals surface area (Å²) in [5.41, 5.74) is 7.88. The largest absolute Gasteiger partial charge is 0.389 e. The van der Waals surface area contributed by atoms with Crippen LogP contribution in [-0.2, 0) is 6.42 Å². The molecule has 0 amide bonds. The molecule has 0 bridgehead atoms. The van der Waals surface area contributed by atoms with Crippen LogP contribution in [0.4, 0.5) is 23.5 Å². The van der Waals surface area contributed by atoms with E-state index in [1.165, 1.54) is 16.6 Å². The lowest BCUT2D eigenvalue weighted by molar-refractivity contribution is -0.134. The van der Waals surface area contributed by atoms with Crippen molar-refractivity contribution >= 4 is 11.6 Å². The summed E-state index contributed by atoms with van der Waals surface area (Å²) in [4.78, 5) is 8.35. The van der Waals surface area contributed by atoms with Crippen LogP contribution < -0.4 is 5.73 Å².